The fraction of sp³-hybridized carbons (Fsp3) is 0.688. The van der Waals surface area contributed by atoms with Crippen LogP contribution in [0.25, 0.3) is 11.2 Å². The number of fused-ring (bicyclic) bond motifs is 1. The number of imidazole rings is 1. The van der Waals surface area contributed by atoms with Crippen molar-refractivity contribution >= 4 is 11.2 Å². The summed E-state index contributed by atoms with van der Waals surface area (Å²) in [7, 11) is 1.12. The van der Waals surface area contributed by atoms with Crippen molar-refractivity contribution in [2.24, 2.45) is 12.5 Å². The summed E-state index contributed by atoms with van der Waals surface area (Å²) in [6, 6.07) is 0. The van der Waals surface area contributed by atoms with Gasteiger partial charge in [0.15, 0.2) is 11.2 Å². The van der Waals surface area contributed by atoms with E-state index in [9.17, 15) is 41.0 Å². The van der Waals surface area contributed by atoms with Crippen LogP contribution in [0.3, 0.4) is 0 Å². The van der Waals surface area contributed by atoms with E-state index in [0.717, 1.165) is 17.9 Å². The van der Waals surface area contributed by atoms with E-state index in [1.165, 1.54) is 0 Å². The third-order valence-corrected chi connectivity index (χ3v) is 5.43. The Hall–Kier alpha value is -2.31. The highest BCUT2D eigenvalue weighted by molar-refractivity contribution is 5.70. The molecule has 1 aliphatic rings. The molecule has 162 valence electrons. The van der Waals surface area contributed by atoms with Gasteiger partial charge in [-0.25, -0.2) is 9.78 Å². The van der Waals surface area contributed by atoms with Crippen molar-refractivity contribution in [1.29, 1.82) is 0 Å². The lowest BCUT2D eigenvalue weighted by Crippen LogP contribution is -2.51. The SMILES string of the molecule is Cn1c(=O)n(CC2(C(F)(F)F)CCC(O)CC2)c(=O)c2c1ncn2CC(F)(F)F. The summed E-state index contributed by atoms with van der Waals surface area (Å²) in [5, 5.41) is 9.56. The van der Waals surface area contributed by atoms with Crippen LogP contribution in [-0.2, 0) is 20.1 Å². The Morgan fingerprint density at radius 2 is 1.76 bits per heavy atom. The molecule has 0 unspecified atom stereocenters. The minimum atomic E-state index is -4.78. The van der Waals surface area contributed by atoms with Gasteiger partial charge in [-0.2, -0.15) is 26.3 Å². The number of nitrogens with zero attached hydrogens (tertiary/aromatic N) is 4. The largest absolute Gasteiger partial charge is 0.406 e. The van der Waals surface area contributed by atoms with Crippen LogP contribution in [0.1, 0.15) is 25.7 Å². The Bertz CT molecular complexity index is 1020. The molecule has 2 aromatic heterocycles. The number of halogens is 6. The van der Waals surface area contributed by atoms with Crippen molar-refractivity contribution < 1.29 is 31.4 Å². The van der Waals surface area contributed by atoms with E-state index in [1.807, 2.05) is 0 Å². The number of aryl methyl sites for hydroxylation is 1. The summed E-state index contributed by atoms with van der Waals surface area (Å²) in [5.41, 5.74) is -5.75. The molecule has 1 saturated carbocycles. The third kappa shape index (κ3) is 3.79. The zero-order chi connectivity index (χ0) is 21.8. The monoisotopic (exact) mass is 428 g/mol. The van der Waals surface area contributed by atoms with Crippen LogP contribution in [0.5, 0.6) is 0 Å². The van der Waals surface area contributed by atoms with E-state index < -0.39 is 66.6 Å². The van der Waals surface area contributed by atoms with Crippen molar-refractivity contribution in [3.63, 3.8) is 0 Å². The van der Waals surface area contributed by atoms with E-state index in [0.29, 0.717) is 9.13 Å². The molecule has 0 radical (unpaired) electrons. The predicted octanol–water partition coefficient (Wildman–Crippen LogP) is 1.94. The van der Waals surface area contributed by atoms with Gasteiger partial charge in [-0.1, -0.05) is 0 Å². The van der Waals surface area contributed by atoms with Gasteiger partial charge in [0.2, 0.25) is 0 Å². The van der Waals surface area contributed by atoms with Crippen LogP contribution in [0.4, 0.5) is 26.3 Å². The highest BCUT2D eigenvalue weighted by atomic mass is 19.4. The molecule has 13 heteroatoms. The predicted molar refractivity (Wildman–Crippen MR) is 88.3 cm³/mol. The molecule has 0 aromatic carbocycles. The van der Waals surface area contributed by atoms with Gasteiger partial charge in [0.1, 0.15) is 6.54 Å². The Morgan fingerprint density at radius 3 is 2.28 bits per heavy atom. The molecule has 1 N–H and O–H groups in total. The van der Waals surface area contributed by atoms with Crippen LogP contribution >= 0.6 is 0 Å². The highest BCUT2D eigenvalue weighted by Gasteiger charge is 2.56. The first kappa shape index (κ1) is 21.4. The molecule has 1 fully saturated rings. The van der Waals surface area contributed by atoms with Crippen LogP contribution in [0, 0.1) is 5.41 Å². The number of aliphatic hydroxyl groups excluding tert-OH is 1. The summed E-state index contributed by atoms with van der Waals surface area (Å²) in [6.45, 7) is -2.62. The summed E-state index contributed by atoms with van der Waals surface area (Å²) in [4.78, 5) is 29.0. The third-order valence-electron chi connectivity index (χ3n) is 5.43. The van der Waals surface area contributed by atoms with Gasteiger partial charge in [0.05, 0.1) is 17.8 Å². The van der Waals surface area contributed by atoms with Gasteiger partial charge in [0, 0.05) is 13.6 Å². The summed E-state index contributed by atoms with van der Waals surface area (Å²) in [5.74, 6) is 0. The van der Waals surface area contributed by atoms with Gasteiger partial charge in [-0.05, 0) is 25.7 Å². The average molecular weight is 428 g/mol. The Balaban J connectivity index is 2.17. The van der Waals surface area contributed by atoms with Crippen LogP contribution in [0.2, 0.25) is 0 Å². The van der Waals surface area contributed by atoms with Crippen molar-refractivity contribution in [2.45, 2.75) is 57.2 Å². The zero-order valence-electron chi connectivity index (χ0n) is 15.2. The molecule has 2 heterocycles. The fourth-order valence-corrected chi connectivity index (χ4v) is 3.76. The molecule has 0 spiro atoms. The number of hydrogen-bond acceptors (Lipinski definition) is 4. The first-order chi connectivity index (χ1) is 13.3. The maximum Gasteiger partial charge on any atom is 0.406 e. The normalized spacial score (nSPS) is 23.7. The lowest BCUT2D eigenvalue weighted by atomic mass is 9.72. The average Bonchev–Trinajstić information content (AvgIpc) is 2.99. The smallest absolute Gasteiger partial charge is 0.393 e. The van der Waals surface area contributed by atoms with Crippen LogP contribution < -0.4 is 11.2 Å². The molecule has 0 atom stereocenters. The number of rotatable bonds is 3. The second-order valence-electron chi connectivity index (χ2n) is 7.40. The van der Waals surface area contributed by atoms with Crippen LogP contribution in [0.15, 0.2) is 15.9 Å². The van der Waals surface area contributed by atoms with Crippen molar-refractivity contribution in [2.75, 3.05) is 0 Å². The molecule has 3 rings (SSSR count). The summed E-state index contributed by atoms with van der Waals surface area (Å²) in [6.07, 6.45) is -11.0. The molecule has 0 bridgehead atoms. The molecule has 0 aliphatic heterocycles. The van der Waals surface area contributed by atoms with Gasteiger partial charge >= 0.3 is 18.0 Å². The standard InChI is InChI=1S/C16H18F6N4O3/c1-24-11-10(25(8-23-11)7-15(17,18)19)12(28)26(13(24)29)6-14(16(20,21)22)4-2-9(27)3-5-14/h8-9,27H,2-7H2,1H3. The summed E-state index contributed by atoms with van der Waals surface area (Å²) < 4.78 is 81.5. The first-order valence-electron chi connectivity index (χ1n) is 8.72. The first-order valence-corrected chi connectivity index (χ1v) is 8.72. The molecule has 29 heavy (non-hydrogen) atoms. The van der Waals surface area contributed by atoms with E-state index in [4.69, 9.17) is 0 Å². The highest BCUT2D eigenvalue weighted by Crippen LogP contribution is 2.49. The zero-order valence-corrected chi connectivity index (χ0v) is 15.2. The number of aromatic nitrogens is 4. The second-order valence-corrected chi connectivity index (χ2v) is 7.40. The van der Waals surface area contributed by atoms with Crippen molar-refractivity contribution in [1.82, 2.24) is 18.7 Å². The lowest BCUT2D eigenvalue weighted by molar-refractivity contribution is -0.244. The minimum Gasteiger partial charge on any atom is -0.393 e. The van der Waals surface area contributed by atoms with E-state index >= 15 is 0 Å². The topological polar surface area (TPSA) is 82.0 Å². The van der Waals surface area contributed by atoms with E-state index in [2.05, 4.69) is 4.98 Å². The Morgan fingerprint density at radius 1 is 1.17 bits per heavy atom. The van der Waals surface area contributed by atoms with Crippen LogP contribution in [-0.4, -0.2) is 42.2 Å². The summed E-state index contributed by atoms with van der Waals surface area (Å²) >= 11 is 0. The maximum absolute atomic E-state index is 13.9. The molecule has 0 amide bonds. The number of aliphatic hydroxyl groups is 1. The molecular weight excluding hydrogens is 410 g/mol. The minimum absolute atomic E-state index is 0.164. The fourth-order valence-electron chi connectivity index (χ4n) is 3.76. The molecular formula is C16H18F6N4O3. The quantitative estimate of drug-likeness (QED) is 0.758. The van der Waals surface area contributed by atoms with Gasteiger partial charge in [-0.15, -0.1) is 0 Å². The van der Waals surface area contributed by atoms with Gasteiger partial charge < -0.3 is 9.67 Å². The molecule has 2 aromatic rings. The number of hydrogen-bond donors (Lipinski definition) is 1. The lowest BCUT2D eigenvalue weighted by Gasteiger charge is -2.40. The molecule has 0 saturated heterocycles. The molecule has 1 aliphatic carbocycles. The van der Waals surface area contributed by atoms with Crippen molar-refractivity contribution in [3.8, 4) is 0 Å². The second kappa shape index (κ2) is 6.89. The molecule has 7 nitrogen and oxygen atoms in total. The van der Waals surface area contributed by atoms with Gasteiger partial charge in [0.25, 0.3) is 5.56 Å². The Labute approximate surface area is 159 Å². The van der Waals surface area contributed by atoms with Crippen molar-refractivity contribution in [3.05, 3.63) is 27.2 Å². The van der Waals surface area contributed by atoms with E-state index in [-0.39, 0.29) is 18.5 Å². The number of alkyl halides is 6. The maximum atomic E-state index is 13.9. The van der Waals surface area contributed by atoms with E-state index in [1.54, 1.807) is 0 Å². The Kier molecular flexibility index (Phi) is 5.08. The van der Waals surface area contributed by atoms with Gasteiger partial charge in [-0.3, -0.25) is 13.9 Å².